The first kappa shape index (κ1) is 12.0. The Kier molecular flexibility index (Phi) is 4.03. The van der Waals surface area contributed by atoms with Crippen LogP contribution in [0.1, 0.15) is 18.1 Å². The molecule has 4 nitrogen and oxygen atoms in total. The standard InChI is InChI=1S/C12H16N4S/c1-3-13-11-14-12(16-15-11)17-8-10-6-4-9(2)5-7-10/h4-7H,3,8H2,1-2H3,(H2,13,14,15,16). The minimum atomic E-state index is 0.666. The molecular weight excluding hydrogens is 232 g/mol. The number of aryl methyl sites for hydroxylation is 1. The summed E-state index contributed by atoms with van der Waals surface area (Å²) in [5, 5.41) is 10.9. The van der Waals surface area contributed by atoms with Gasteiger partial charge in [-0.15, -0.1) is 5.10 Å². The van der Waals surface area contributed by atoms with Crippen LogP contribution in [0.5, 0.6) is 0 Å². The van der Waals surface area contributed by atoms with Gasteiger partial charge in [0.2, 0.25) is 5.95 Å². The summed E-state index contributed by atoms with van der Waals surface area (Å²) in [6, 6.07) is 8.54. The van der Waals surface area contributed by atoms with E-state index in [-0.39, 0.29) is 0 Å². The molecule has 90 valence electrons. The summed E-state index contributed by atoms with van der Waals surface area (Å²) in [5.74, 6) is 1.57. The Morgan fingerprint density at radius 2 is 2.06 bits per heavy atom. The Morgan fingerprint density at radius 3 is 2.76 bits per heavy atom. The molecule has 0 atom stereocenters. The van der Waals surface area contributed by atoms with Crippen LogP contribution >= 0.6 is 11.8 Å². The van der Waals surface area contributed by atoms with Crippen LogP contribution < -0.4 is 5.32 Å². The van der Waals surface area contributed by atoms with E-state index < -0.39 is 0 Å². The first-order valence-electron chi connectivity index (χ1n) is 5.62. The third-order valence-electron chi connectivity index (χ3n) is 2.30. The number of aromatic amines is 1. The normalized spacial score (nSPS) is 10.5. The lowest BCUT2D eigenvalue weighted by atomic mass is 10.2. The van der Waals surface area contributed by atoms with Crippen LogP contribution in [0.15, 0.2) is 29.4 Å². The summed E-state index contributed by atoms with van der Waals surface area (Å²) < 4.78 is 0. The average Bonchev–Trinajstić information content (AvgIpc) is 2.77. The van der Waals surface area contributed by atoms with Gasteiger partial charge < -0.3 is 5.32 Å². The molecule has 0 aliphatic carbocycles. The Hall–Kier alpha value is -1.49. The number of H-pyrrole nitrogens is 1. The molecule has 1 aromatic carbocycles. The van der Waals surface area contributed by atoms with Gasteiger partial charge in [-0.25, -0.2) is 0 Å². The van der Waals surface area contributed by atoms with Gasteiger partial charge in [0.15, 0.2) is 5.16 Å². The molecule has 1 aromatic heterocycles. The molecule has 0 unspecified atom stereocenters. The molecule has 17 heavy (non-hydrogen) atoms. The third-order valence-corrected chi connectivity index (χ3v) is 3.23. The van der Waals surface area contributed by atoms with Crippen LogP contribution in [0.4, 0.5) is 5.95 Å². The number of anilines is 1. The van der Waals surface area contributed by atoms with Crippen molar-refractivity contribution in [3.05, 3.63) is 35.4 Å². The summed E-state index contributed by atoms with van der Waals surface area (Å²) in [7, 11) is 0. The molecule has 0 saturated heterocycles. The van der Waals surface area contributed by atoms with E-state index in [9.17, 15) is 0 Å². The number of hydrogen-bond acceptors (Lipinski definition) is 4. The number of hydrogen-bond donors (Lipinski definition) is 2. The molecule has 0 aliphatic heterocycles. The molecule has 0 fully saturated rings. The van der Waals surface area contributed by atoms with Crippen molar-refractivity contribution in [1.82, 2.24) is 15.2 Å². The van der Waals surface area contributed by atoms with Crippen molar-refractivity contribution >= 4 is 17.7 Å². The highest BCUT2D eigenvalue weighted by Gasteiger charge is 2.02. The summed E-state index contributed by atoms with van der Waals surface area (Å²) in [6.07, 6.45) is 0. The number of thioether (sulfide) groups is 1. The first-order valence-corrected chi connectivity index (χ1v) is 6.61. The van der Waals surface area contributed by atoms with Crippen molar-refractivity contribution in [2.75, 3.05) is 11.9 Å². The average molecular weight is 248 g/mol. The van der Waals surface area contributed by atoms with Crippen molar-refractivity contribution in [3.8, 4) is 0 Å². The van der Waals surface area contributed by atoms with Gasteiger partial charge >= 0.3 is 0 Å². The first-order chi connectivity index (χ1) is 8.28. The van der Waals surface area contributed by atoms with Crippen molar-refractivity contribution in [3.63, 3.8) is 0 Å². The smallest absolute Gasteiger partial charge is 0.242 e. The van der Waals surface area contributed by atoms with E-state index >= 15 is 0 Å². The van der Waals surface area contributed by atoms with Gasteiger partial charge in [0.25, 0.3) is 0 Å². The van der Waals surface area contributed by atoms with Gasteiger partial charge in [0.05, 0.1) is 0 Å². The van der Waals surface area contributed by atoms with Gasteiger partial charge in [-0.2, -0.15) is 4.98 Å². The van der Waals surface area contributed by atoms with Crippen LogP contribution in [0.25, 0.3) is 0 Å². The van der Waals surface area contributed by atoms with E-state index in [4.69, 9.17) is 0 Å². The van der Waals surface area contributed by atoms with E-state index in [1.165, 1.54) is 11.1 Å². The minimum absolute atomic E-state index is 0.666. The number of nitrogens with zero attached hydrogens (tertiary/aromatic N) is 2. The van der Waals surface area contributed by atoms with Crippen LogP contribution in [-0.4, -0.2) is 21.7 Å². The fourth-order valence-electron chi connectivity index (χ4n) is 1.38. The van der Waals surface area contributed by atoms with Crippen molar-refractivity contribution in [2.45, 2.75) is 24.8 Å². The van der Waals surface area contributed by atoms with Crippen LogP contribution in [0.2, 0.25) is 0 Å². The highest BCUT2D eigenvalue weighted by Crippen LogP contribution is 2.19. The molecule has 0 saturated carbocycles. The highest BCUT2D eigenvalue weighted by molar-refractivity contribution is 7.98. The number of nitrogens with one attached hydrogen (secondary N) is 2. The fourth-order valence-corrected chi connectivity index (χ4v) is 2.14. The molecule has 0 amide bonds. The fraction of sp³-hybridized carbons (Fsp3) is 0.333. The number of benzene rings is 1. The summed E-state index contributed by atoms with van der Waals surface area (Å²) >= 11 is 1.66. The second-order valence-corrected chi connectivity index (χ2v) is 4.73. The Balaban J connectivity index is 1.90. The van der Waals surface area contributed by atoms with Gasteiger partial charge in [-0.05, 0) is 19.4 Å². The van der Waals surface area contributed by atoms with Crippen LogP contribution in [0.3, 0.4) is 0 Å². The molecule has 2 rings (SSSR count). The molecule has 0 radical (unpaired) electrons. The second-order valence-electron chi connectivity index (χ2n) is 3.77. The Labute approximate surface area is 105 Å². The second kappa shape index (κ2) is 5.72. The minimum Gasteiger partial charge on any atom is -0.353 e. The lowest BCUT2D eigenvalue weighted by Gasteiger charge is -1.99. The predicted octanol–water partition coefficient (Wildman–Crippen LogP) is 2.84. The van der Waals surface area contributed by atoms with Gasteiger partial charge in [-0.1, -0.05) is 41.6 Å². The van der Waals surface area contributed by atoms with Crippen molar-refractivity contribution < 1.29 is 0 Å². The maximum Gasteiger partial charge on any atom is 0.242 e. The van der Waals surface area contributed by atoms with E-state index in [2.05, 4.69) is 51.7 Å². The molecule has 5 heteroatoms. The molecule has 0 bridgehead atoms. The monoisotopic (exact) mass is 248 g/mol. The molecule has 0 aliphatic rings. The third kappa shape index (κ3) is 3.49. The lowest BCUT2D eigenvalue weighted by Crippen LogP contribution is -1.97. The topological polar surface area (TPSA) is 53.6 Å². The van der Waals surface area contributed by atoms with E-state index in [1.807, 2.05) is 6.92 Å². The summed E-state index contributed by atoms with van der Waals surface area (Å²) in [5.41, 5.74) is 2.58. The number of rotatable bonds is 5. The highest BCUT2D eigenvalue weighted by atomic mass is 32.2. The van der Waals surface area contributed by atoms with Crippen LogP contribution in [0, 0.1) is 6.92 Å². The Morgan fingerprint density at radius 1 is 1.29 bits per heavy atom. The molecule has 0 spiro atoms. The molecule has 2 N–H and O–H groups in total. The predicted molar refractivity (Wildman–Crippen MR) is 71.3 cm³/mol. The molecular formula is C12H16N4S. The summed E-state index contributed by atoms with van der Waals surface area (Å²) in [4.78, 5) is 4.32. The zero-order valence-corrected chi connectivity index (χ0v) is 10.8. The van der Waals surface area contributed by atoms with Crippen LogP contribution in [-0.2, 0) is 5.75 Å². The van der Waals surface area contributed by atoms with E-state index in [1.54, 1.807) is 11.8 Å². The molecule has 2 aromatic rings. The number of aromatic nitrogens is 3. The van der Waals surface area contributed by atoms with Gasteiger partial charge in [-0.3, -0.25) is 5.10 Å². The van der Waals surface area contributed by atoms with Crippen molar-refractivity contribution in [2.24, 2.45) is 0 Å². The largest absolute Gasteiger partial charge is 0.353 e. The van der Waals surface area contributed by atoms with E-state index in [0.29, 0.717) is 5.95 Å². The quantitative estimate of drug-likeness (QED) is 0.799. The zero-order chi connectivity index (χ0) is 12.1. The van der Waals surface area contributed by atoms with Gasteiger partial charge in [0.1, 0.15) is 0 Å². The van der Waals surface area contributed by atoms with Crippen molar-refractivity contribution in [1.29, 1.82) is 0 Å². The lowest BCUT2D eigenvalue weighted by molar-refractivity contribution is 0.972. The maximum atomic E-state index is 4.32. The van der Waals surface area contributed by atoms with Gasteiger partial charge in [0, 0.05) is 12.3 Å². The maximum absolute atomic E-state index is 4.32. The molecule has 1 heterocycles. The zero-order valence-electron chi connectivity index (χ0n) is 10.0. The van der Waals surface area contributed by atoms with E-state index in [0.717, 1.165) is 17.5 Å². The Bertz CT molecular complexity index is 464. The SMILES string of the molecule is CCNc1n[nH]c(SCc2ccc(C)cc2)n1. The summed E-state index contributed by atoms with van der Waals surface area (Å²) in [6.45, 7) is 4.95.